The van der Waals surface area contributed by atoms with Crippen LogP contribution in [-0.2, 0) is 0 Å². The summed E-state index contributed by atoms with van der Waals surface area (Å²) in [7, 11) is -2.28. The van der Waals surface area contributed by atoms with Crippen LogP contribution < -0.4 is 0 Å². The third kappa shape index (κ3) is 4.34. The molecule has 0 aliphatic rings. The van der Waals surface area contributed by atoms with Gasteiger partial charge in [0.2, 0.25) is 0 Å². The second-order valence-electron chi connectivity index (χ2n) is 7.86. The normalized spacial score (nSPS) is 18.1. The van der Waals surface area contributed by atoms with Crippen LogP contribution in [0.3, 0.4) is 0 Å². The molecule has 88 valence electrons. The van der Waals surface area contributed by atoms with E-state index in [-0.39, 0.29) is 0 Å². The topological polar surface area (TPSA) is 0 Å². The summed E-state index contributed by atoms with van der Waals surface area (Å²) >= 11 is 6.92. The molecule has 0 fully saturated rings. The van der Waals surface area contributed by atoms with E-state index >= 15 is 0 Å². The van der Waals surface area contributed by atoms with Gasteiger partial charge in [-0.25, -0.2) is 0 Å². The standard InChI is InChI=1S/C10H28ClPSi2/c1-12(2,3,11)10(13(4,5)6)14(7,8)9/h10H,1-9H3. The van der Waals surface area contributed by atoms with Crippen molar-refractivity contribution in [2.45, 2.75) is 44.2 Å². The van der Waals surface area contributed by atoms with Crippen molar-refractivity contribution in [3.8, 4) is 0 Å². The molecule has 0 bridgehead atoms. The van der Waals surface area contributed by atoms with Crippen LogP contribution in [0.5, 0.6) is 0 Å². The quantitative estimate of drug-likeness (QED) is 0.515. The molecule has 0 saturated carbocycles. The van der Waals surface area contributed by atoms with Gasteiger partial charge >= 0.3 is 97.5 Å². The molecule has 0 N–H and O–H groups in total. The summed E-state index contributed by atoms with van der Waals surface area (Å²) < 4.78 is 0. The molecule has 4 heteroatoms. The first-order valence-electron chi connectivity index (χ1n) is 5.35. The van der Waals surface area contributed by atoms with Gasteiger partial charge in [0.05, 0.1) is 0 Å². The van der Waals surface area contributed by atoms with Crippen LogP contribution in [0.15, 0.2) is 0 Å². The Morgan fingerprint density at radius 3 is 1.00 bits per heavy atom. The second kappa shape index (κ2) is 3.58. The minimum atomic E-state index is -1.93. The summed E-state index contributed by atoms with van der Waals surface area (Å²) in [4.78, 5) is 0.850. The molecular weight excluding hydrogens is 243 g/mol. The maximum atomic E-state index is 6.92. The van der Waals surface area contributed by atoms with Crippen molar-refractivity contribution < 1.29 is 0 Å². The first-order chi connectivity index (χ1) is 5.62. The van der Waals surface area contributed by atoms with Gasteiger partial charge in [0.25, 0.3) is 0 Å². The Bertz CT molecular complexity index is 194. The van der Waals surface area contributed by atoms with Gasteiger partial charge in [-0.15, -0.1) is 0 Å². The Hall–Kier alpha value is 1.15. The van der Waals surface area contributed by atoms with Crippen molar-refractivity contribution in [3.63, 3.8) is 0 Å². The number of rotatable bonds is 3. The van der Waals surface area contributed by atoms with Gasteiger partial charge in [-0.1, -0.05) is 0 Å². The Morgan fingerprint density at radius 1 is 0.786 bits per heavy atom. The fourth-order valence-electron chi connectivity index (χ4n) is 3.92. The summed E-state index contributed by atoms with van der Waals surface area (Å²) in [5, 5.41) is 0. The van der Waals surface area contributed by atoms with Gasteiger partial charge in [0, 0.05) is 0 Å². The molecule has 14 heavy (non-hydrogen) atoms. The SMILES string of the molecule is C[Si](C)(C)C([Si](C)(C)C)P(C)(C)(C)Cl. The fraction of sp³-hybridized carbons (Fsp3) is 1.00. The monoisotopic (exact) mass is 270 g/mol. The van der Waals surface area contributed by atoms with E-state index in [0.717, 1.165) is 4.91 Å². The van der Waals surface area contributed by atoms with E-state index in [1.807, 2.05) is 0 Å². The summed E-state index contributed by atoms with van der Waals surface area (Å²) in [6.07, 6.45) is 0. The van der Waals surface area contributed by atoms with Crippen LogP contribution in [0.25, 0.3) is 0 Å². The fourth-order valence-corrected chi connectivity index (χ4v) is 40.5. The summed E-state index contributed by atoms with van der Waals surface area (Å²) in [5.41, 5.74) is 0. The zero-order valence-corrected chi connectivity index (χ0v) is 15.1. The van der Waals surface area contributed by atoms with Crippen molar-refractivity contribution in [1.29, 1.82) is 0 Å². The molecule has 0 saturated heterocycles. The van der Waals surface area contributed by atoms with Crippen molar-refractivity contribution in [2.24, 2.45) is 0 Å². The molecule has 0 heterocycles. The van der Waals surface area contributed by atoms with Gasteiger partial charge < -0.3 is 0 Å². The van der Waals surface area contributed by atoms with Crippen molar-refractivity contribution >= 4 is 33.3 Å². The Labute approximate surface area is 97.6 Å². The van der Waals surface area contributed by atoms with Gasteiger partial charge in [-0.2, -0.15) is 0 Å². The van der Waals surface area contributed by atoms with Gasteiger partial charge in [-0.3, -0.25) is 0 Å². The van der Waals surface area contributed by atoms with E-state index in [4.69, 9.17) is 11.2 Å². The zero-order valence-electron chi connectivity index (χ0n) is 11.4. The van der Waals surface area contributed by atoms with Crippen LogP contribution >= 0.6 is 17.2 Å². The maximum absolute atomic E-state index is 6.92. The average molecular weight is 271 g/mol. The van der Waals surface area contributed by atoms with E-state index in [1.54, 1.807) is 0 Å². The van der Waals surface area contributed by atoms with Gasteiger partial charge in [-0.05, 0) is 0 Å². The van der Waals surface area contributed by atoms with E-state index in [9.17, 15) is 0 Å². The van der Waals surface area contributed by atoms with E-state index in [2.05, 4.69) is 59.3 Å². The first-order valence-corrected chi connectivity index (χ1v) is 17.1. The number of hydrogen-bond acceptors (Lipinski definition) is 0. The third-order valence-electron chi connectivity index (χ3n) is 2.51. The van der Waals surface area contributed by atoms with E-state index < -0.39 is 22.1 Å². The Balaban J connectivity index is 5.39. The molecule has 0 amide bonds. The molecule has 0 aliphatic carbocycles. The van der Waals surface area contributed by atoms with Crippen molar-refractivity contribution in [3.05, 3.63) is 0 Å². The molecule has 0 spiro atoms. The van der Waals surface area contributed by atoms with Gasteiger partial charge in [0.15, 0.2) is 0 Å². The second-order valence-corrected chi connectivity index (χ2v) is 29.6. The number of halogens is 1. The molecule has 0 aromatic carbocycles. The first kappa shape index (κ1) is 15.2. The average Bonchev–Trinajstić information content (AvgIpc) is 1.40. The summed E-state index contributed by atoms with van der Waals surface area (Å²) in [6, 6.07) is 0. The molecule has 0 radical (unpaired) electrons. The zero-order chi connectivity index (χ0) is 12.0. The number of hydrogen-bond donors (Lipinski definition) is 0. The third-order valence-corrected chi connectivity index (χ3v) is 24.4. The predicted molar refractivity (Wildman–Crippen MR) is 81.0 cm³/mol. The van der Waals surface area contributed by atoms with Crippen LogP contribution in [0, 0.1) is 0 Å². The molecule has 0 aromatic heterocycles. The van der Waals surface area contributed by atoms with E-state index in [0.29, 0.717) is 0 Å². The molecule has 0 aromatic rings. The molecule has 0 nitrogen and oxygen atoms in total. The van der Waals surface area contributed by atoms with Crippen molar-refractivity contribution in [1.82, 2.24) is 0 Å². The molecule has 0 atom stereocenters. The van der Waals surface area contributed by atoms with Crippen LogP contribution in [-0.4, -0.2) is 41.0 Å². The molecule has 0 unspecified atom stereocenters. The van der Waals surface area contributed by atoms with Crippen LogP contribution in [0.4, 0.5) is 0 Å². The van der Waals surface area contributed by atoms with Crippen molar-refractivity contribution in [2.75, 3.05) is 20.0 Å². The Kier molecular flexibility index (Phi) is 3.88. The minimum absolute atomic E-state index is 0.850. The Morgan fingerprint density at radius 2 is 1.00 bits per heavy atom. The molecule has 0 rings (SSSR count). The van der Waals surface area contributed by atoms with E-state index in [1.165, 1.54) is 0 Å². The van der Waals surface area contributed by atoms with Crippen LogP contribution in [0.2, 0.25) is 39.3 Å². The van der Waals surface area contributed by atoms with Gasteiger partial charge in [0.1, 0.15) is 0 Å². The molecule has 0 aliphatic heterocycles. The predicted octanol–water partition coefficient (Wildman–Crippen LogP) is 4.71. The summed E-state index contributed by atoms with van der Waals surface area (Å²) in [6.45, 7) is 21.9. The van der Waals surface area contributed by atoms with Crippen LogP contribution in [0.1, 0.15) is 0 Å². The molecular formula is C10H28ClPSi2. The summed E-state index contributed by atoms with van der Waals surface area (Å²) in [5.74, 6) is -1.93.